The van der Waals surface area contributed by atoms with Gasteiger partial charge in [-0.15, -0.1) is 0 Å². The van der Waals surface area contributed by atoms with Gasteiger partial charge in [-0.25, -0.2) is 4.68 Å². The lowest BCUT2D eigenvalue weighted by molar-refractivity contribution is -0.135. The van der Waals surface area contributed by atoms with Crippen molar-refractivity contribution in [1.29, 1.82) is 0 Å². The predicted molar refractivity (Wildman–Crippen MR) is 104 cm³/mol. The summed E-state index contributed by atoms with van der Waals surface area (Å²) < 4.78 is 1.79. The van der Waals surface area contributed by atoms with Gasteiger partial charge in [0.05, 0.1) is 11.7 Å². The molecule has 1 N–H and O–H groups in total. The predicted octanol–water partition coefficient (Wildman–Crippen LogP) is 1.71. The molecule has 2 aromatic rings. The Morgan fingerprint density at radius 2 is 1.81 bits per heavy atom. The summed E-state index contributed by atoms with van der Waals surface area (Å²) in [5, 5.41) is 4.86. The highest BCUT2D eigenvalue weighted by Crippen LogP contribution is 2.27. The topological polar surface area (TPSA) is 87.1 Å². The fourth-order valence-corrected chi connectivity index (χ4v) is 4.12. The molecule has 1 aliphatic heterocycles. The summed E-state index contributed by atoms with van der Waals surface area (Å²) in [6, 6.07) is 0. The molecule has 0 radical (unpaired) electrons. The summed E-state index contributed by atoms with van der Waals surface area (Å²) in [7, 11) is 0. The Labute approximate surface area is 158 Å². The molecule has 0 unspecified atom stereocenters. The maximum absolute atomic E-state index is 12.6. The second-order valence-electron chi connectivity index (χ2n) is 8.65. The van der Waals surface area contributed by atoms with E-state index in [9.17, 15) is 9.59 Å². The van der Waals surface area contributed by atoms with Crippen LogP contribution in [0.25, 0.3) is 11.0 Å². The number of rotatable bonds is 2. The van der Waals surface area contributed by atoms with E-state index in [0.29, 0.717) is 49.1 Å². The molecule has 3 heterocycles. The molecule has 0 spiro atoms. The lowest BCUT2D eigenvalue weighted by atomic mass is 10.1. The van der Waals surface area contributed by atoms with Gasteiger partial charge in [0.1, 0.15) is 5.39 Å². The number of anilines is 1. The average molecular weight is 372 g/mol. The van der Waals surface area contributed by atoms with Crippen LogP contribution in [0.1, 0.15) is 46.5 Å². The quantitative estimate of drug-likeness (QED) is 0.867. The van der Waals surface area contributed by atoms with E-state index >= 15 is 0 Å². The summed E-state index contributed by atoms with van der Waals surface area (Å²) in [6.07, 6.45) is 5.98. The minimum atomic E-state index is -0.258. The number of nitrogens with zero attached hydrogens (tertiary/aromatic N) is 5. The molecule has 2 fully saturated rings. The van der Waals surface area contributed by atoms with Crippen molar-refractivity contribution in [2.75, 3.05) is 31.1 Å². The zero-order valence-corrected chi connectivity index (χ0v) is 16.4. The summed E-state index contributed by atoms with van der Waals surface area (Å²) in [6.45, 7) is 8.82. The molecule has 4 rings (SSSR count). The normalized spacial score (nSPS) is 19.2. The van der Waals surface area contributed by atoms with E-state index in [1.165, 1.54) is 12.8 Å². The minimum absolute atomic E-state index is 0.171. The molecule has 8 heteroatoms. The van der Waals surface area contributed by atoms with Gasteiger partial charge in [-0.2, -0.15) is 10.1 Å². The monoisotopic (exact) mass is 372 g/mol. The number of carbonyl (C=O) groups excluding carboxylic acids is 1. The van der Waals surface area contributed by atoms with E-state index in [1.807, 2.05) is 25.7 Å². The Bertz CT molecular complexity index is 895. The number of hydrogen-bond donors (Lipinski definition) is 1. The highest BCUT2D eigenvalue weighted by atomic mass is 16.2. The first-order chi connectivity index (χ1) is 12.8. The van der Waals surface area contributed by atoms with Crippen LogP contribution < -0.4 is 10.5 Å². The molecule has 2 aromatic heterocycles. The SMILES string of the molecule is CC(C)(C)n1ncc2c(=O)[nH]c(N3CCN(C(=O)C4CCCC4)CC3)nc21. The van der Waals surface area contributed by atoms with Gasteiger partial charge in [0.25, 0.3) is 5.56 Å². The Balaban J connectivity index is 1.53. The maximum Gasteiger partial charge on any atom is 0.263 e. The summed E-state index contributed by atoms with van der Waals surface area (Å²) in [5.74, 6) is 1.08. The molecular formula is C19H28N6O2. The van der Waals surface area contributed by atoms with Crippen LogP contribution in [-0.2, 0) is 10.3 Å². The van der Waals surface area contributed by atoms with Crippen LogP contribution in [0.15, 0.2) is 11.0 Å². The molecule has 0 bridgehead atoms. The number of hydrogen-bond acceptors (Lipinski definition) is 5. The molecule has 8 nitrogen and oxygen atoms in total. The van der Waals surface area contributed by atoms with Crippen LogP contribution in [0.5, 0.6) is 0 Å². The van der Waals surface area contributed by atoms with Crippen molar-refractivity contribution in [3.63, 3.8) is 0 Å². The number of piperazine rings is 1. The number of amides is 1. The number of aromatic amines is 1. The van der Waals surface area contributed by atoms with Gasteiger partial charge >= 0.3 is 0 Å². The largest absolute Gasteiger partial charge is 0.339 e. The summed E-state index contributed by atoms with van der Waals surface area (Å²) in [5.41, 5.74) is 0.173. The van der Waals surface area contributed by atoms with Crippen LogP contribution in [0.4, 0.5) is 5.95 Å². The molecule has 2 aliphatic rings. The fraction of sp³-hybridized carbons (Fsp3) is 0.684. The highest BCUT2D eigenvalue weighted by Gasteiger charge is 2.30. The summed E-state index contributed by atoms with van der Waals surface area (Å²) in [4.78, 5) is 36.7. The molecule has 1 amide bonds. The average Bonchev–Trinajstić information content (AvgIpc) is 3.30. The Kier molecular flexibility index (Phi) is 4.44. The third-order valence-electron chi connectivity index (χ3n) is 5.66. The van der Waals surface area contributed by atoms with Gasteiger partial charge in [0.15, 0.2) is 5.65 Å². The molecule has 1 saturated carbocycles. The second kappa shape index (κ2) is 6.65. The second-order valence-corrected chi connectivity index (χ2v) is 8.65. The van der Waals surface area contributed by atoms with E-state index in [4.69, 9.17) is 4.98 Å². The first-order valence-corrected chi connectivity index (χ1v) is 9.87. The van der Waals surface area contributed by atoms with Crippen molar-refractivity contribution >= 4 is 22.9 Å². The molecule has 146 valence electrons. The van der Waals surface area contributed by atoms with E-state index in [2.05, 4.69) is 15.0 Å². The maximum atomic E-state index is 12.6. The highest BCUT2D eigenvalue weighted by molar-refractivity contribution is 5.79. The molecule has 1 aliphatic carbocycles. The molecule has 0 atom stereocenters. The van der Waals surface area contributed by atoms with Crippen LogP contribution in [0.3, 0.4) is 0 Å². The third-order valence-corrected chi connectivity index (χ3v) is 5.66. The smallest absolute Gasteiger partial charge is 0.263 e. The van der Waals surface area contributed by atoms with Crippen molar-refractivity contribution < 1.29 is 4.79 Å². The molecule has 1 saturated heterocycles. The van der Waals surface area contributed by atoms with Crippen molar-refractivity contribution in [3.05, 3.63) is 16.6 Å². The fourth-order valence-electron chi connectivity index (χ4n) is 4.12. The zero-order valence-electron chi connectivity index (χ0n) is 16.4. The van der Waals surface area contributed by atoms with E-state index in [0.717, 1.165) is 12.8 Å². The van der Waals surface area contributed by atoms with Crippen molar-refractivity contribution in [3.8, 4) is 0 Å². The van der Waals surface area contributed by atoms with Crippen LogP contribution in [0.2, 0.25) is 0 Å². The van der Waals surface area contributed by atoms with Crippen molar-refractivity contribution in [1.82, 2.24) is 24.6 Å². The van der Waals surface area contributed by atoms with Crippen molar-refractivity contribution in [2.45, 2.75) is 52.0 Å². The standard InChI is InChI=1S/C19H28N6O2/c1-19(2,3)25-15-14(12-20-25)16(26)22-18(21-15)24-10-8-23(9-11-24)17(27)13-6-4-5-7-13/h12-13H,4-11H2,1-3H3,(H,21,22,26). The van der Waals surface area contributed by atoms with Gasteiger partial charge in [0, 0.05) is 32.1 Å². The van der Waals surface area contributed by atoms with Crippen LogP contribution >= 0.6 is 0 Å². The van der Waals surface area contributed by atoms with E-state index < -0.39 is 0 Å². The Hall–Kier alpha value is -2.38. The van der Waals surface area contributed by atoms with E-state index in [1.54, 1.807) is 10.9 Å². The third kappa shape index (κ3) is 3.33. The lowest BCUT2D eigenvalue weighted by Gasteiger charge is -2.36. The number of H-pyrrole nitrogens is 1. The van der Waals surface area contributed by atoms with Gasteiger partial charge in [0.2, 0.25) is 11.9 Å². The number of fused-ring (bicyclic) bond motifs is 1. The van der Waals surface area contributed by atoms with Crippen molar-refractivity contribution in [2.24, 2.45) is 5.92 Å². The first kappa shape index (κ1) is 18.0. The minimum Gasteiger partial charge on any atom is -0.339 e. The van der Waals surface area contributed by atoms with E-state index in [-0.39, 0.29) is 17.0 Å². The van der Waals surface area contributed by atoms with Gasteiger partial charge in [-0.1, -0.05) is 12.8 Å². The van der Waals surface area contributed by atoms with Gasteiger partial charge < -0.3 is 9.80 Å². The number of aromatic nitrogens is 4. The van der Waals surface area contributed by atoms with Crippen LogP contribution in [-0.4, -0.2) is 56.7 Å². The number of carbonyl (C=O) groups is 1. The zero-order chi connectivity index (χ0) is 19.2. The lowest BCUT2D eigenvalue weighted by Crippen LogP contribution is -2.50. The Morgan fingerprint density at radius 1 is 1.15 bits per heavy atom. The summed E-state index contributed by atoms with van der Waals surface area (Å²) >= 11 is 0. The number of nitrogens with one attached hydrogen (secondary N) is 1. The van der Waals surface area contributed by atoms with Crippen LogP contribution in [0, 0.1) is 5.92 Å². The van der Waals surface area contributed by atoms with Gasteiger partial charge in [-0.05, 0) is 33.6 Å². The van der Waals surface area contributed by atoms with Gasteiger partial charge in [-0.3, -0.25) is 14.6 Å². The first-order valence-electron chi connectivity index (χ1n) is 9.87. The molecule has 0 aromatic carbocycles. The Morgan fingerprint density at radius 3 is 2.44 bits per heavy atom. The molecular weight excluding hydrogens is 344 g/mol. The molecule has 27 heavy (non-hydrogen) atoms.